The molecule has 0 spiro atoms. The van der Waals surface area contributed by atoms with Crippen LogP contribution >= 0.6 is 11.8 Å². The lowest BCUT2D eigenvalue weighted by atomic mass is 10.1. The minimum Gasteiger partial charge on any atom is -0.397 e. The lowest BCUT2D eigenvalue weighted by molar-refractivity contribution is -0.137. The molecule has 0 saturated carbocycles. The van der Waals surface area contributed by atoms with Crippen LogP contribution in [0.4, 0.5) is 13.2 Å². The number of rotatable bonds is 3. The van der Waals surface area contributed by atoms with Crippen LogP contribution in [0.5, 0.6) is 0 Å². The van der Waals surface area contributed by atoms with Gasteiger partial charge in [-0.1, -0.05) is 42.1 Å². The smallest absolute Gasteiger partial charge is 0.397 e. The number of nitrogens with zero attached hydrogens (tertiary/aromatic N) is 1. The molecule has 0 atom stereocenters. The van der Waals surface area contributed by atoms with E-state index in [0.717, 1.165) is 23.9 Å². The van der Waals surface area contributed by atoms with Crippen molar-refractivity contribution < 1.29 is 17.6 Å². The second-order valence-electron chi connectivity index (χ2n) is 4.77. The Morgan fingerprint density at radius 2 is 1.87 bits per heavy atom. The van der Waals surface area contributed by atoms with Crippen LogP contribution in [0.3, 0.4) is 0 Å². The van der Waals surface area contributed by atoms with Gasteiger partial charge in [0.2, 0.25) is 0 Å². The van der Waals surface area contributed by atoms with Crippen molar-refractivity contribution in [3.05, 3.63) is 70.1 Å². The molecule has 0 N–H and O–H groups in total. The topological polar surface area (TPSA) is 43.1 Å². The van der Waals surface area contributed by atoms with Crippen molar-refractivity contribution in [2.24, 2.45) is 0 Å². The molecule has 3 aromatic rings. The molecule has 0 amide bonds. The fourth-order valence-corrected chi connectivity index (χ4v) is 2.81. The van der Waals surface area contributed by atoms with Crippen molar-refractivity contribution >= 4 is 22.7 Å². The summed E-state index contributed by atoms with van der Waals surface area (Å²) in [4.78, 5) is 16.0. The van der Waals surface area contributed by atoms with Gasteiger partial charge in [0.05, 0.1) is 16.5 Å². The van der Waals surface area contributed by atoms with E-state index in [0.29, 0.717) is 16.5 Å². The van der Waals surface area contributed by atoms with Gasteiger partial charge in [-0.2, -0.15) is 13.2 Å². The molecule has 7 heteroatoms. The van der Waals surface area contributed by atoms with E-state index in [1.165, 1.54) is 6.07 Å². The molecule has 118 valence electrons. The molecule has 0 aliphatic rings. The molecular weight excluding hydrogens is 327 g/mol. The van der Waals surface area contributed by atoms with Crippen LogP contribution in [0.25, 0.3) is 10.9 Å². The number of halogens is 3. The van der Waals surface area contributed by atoms with Crippen LogP contribution in [0.15, 0.2) is 63.0 Å². The van der Waals surface area contributed by atoms with E-state index in [4.69, 9.17) is 4.42 Å². The van der Waals surface area contributed by atoms with Crippen LogP contribution < -0.4 is 5.63 Å². The summed E-state index contributed by atoms with van der Waals surface area (Å²) in [5, 5.41) is 0.502. The lowest BCUT2D eigenvalue weighted by Crippen LogP contribution is -2.05. The number of para-hydroxylation sites is 1. The van der Waals surface area contributed by atoms with Crippen LogP contribution in [0, 0.1) is 0 Å². The van der Waals surface area contributed by atoms with Crippen LogP contribution in [0.2, 0.25) is 0 Å². The second-order valence-corrected chi connectivity index (χ2v) is 5.70. The average molecular weight is 337 g/mol. The molecule has 0 aliphatic heterocycles. The molecule has 0 radical (unpaired) electrons. The van der Waals surface area contributed by atoms with Gasteiger partial charge >= 0.3 is 11.8 Å². The van der Waals surface area contributed by atoms with Gasteiger partial charge in [-0.3, -0.25) is 0 Å². The van der Waals surface area contributed by atoms with Gasteiger partial charge in [0.15, 0.2) is 0 Å². The number of hydrogen-bond donors (Lipinski definition) is 0. The maximum atomic E-state index is 12.7. The highest BCUT2D eigenvalue weighted by Gasteiger charge is 2.30. The maximum absolute atomic E-state index is 12.7. The fraction of sp³-hybridized carbons (Fsp3) is 0.125. The number of hydrogen-bond acceptors (Lipinski definition) is 4. The summed E-state index contributed by atoms with van der Waals surface area (Å²) in [6.07, 6.45) is -4.38. The number of aromatic nitrogens is 1. The number of fused-ring (bicyclic) bond motifs is 1. The summed E-state index contributed by atoms with van der Waals surface area (Å²) in [6.45, 7) is 0. The Labute approximate surface area is 133 Å². The van der Waals surface area contributed by atoms with E-state index in [1.54, 1.807) is 30.3 Å². The van der Waals surface area contributed by atoms with Crippen molar-refractivity contribution in [1.82, 2.24) is 4.98 Å². The van der Waals surface area contributed by atoms with Crippen molar-refractivity contribution in [3.63, 3.8) is 0 Å². The molecule has 3 nitrogen and oxygen atoms in total. The predicted octanol–water partition coefficient (Wildman–Crippen LogP) is 4.50. The third kappa shape index (κ3) is 3.56. The summed E-state index contributed by atoms with van der Waals surface area (Å²) in [7, 11) is 0. The Balaban J connectivity index is 1.83. The molecule has 1 heterocycles. The van der Waals surface area contributed by atoms with Gasteiger partial charge in [0.25, 0.3) is 5.22 Å². The third-order valence-electron chi connectivity index (χ3n) is 3.13. The molecule has 0 saturated heterocycles. The third-order valence-corrected chi connectivity index (χ3v) is 4.03. The average Bonchev–Trinajstić information content (AvgIpc) is 2.52. The van der Waals surface area contributed by atoms with Gasteiger partial charge in [-0.25, -0.2) is 9.78 Å². The Hall–Kier alpha value is -2.28. The summed E-state index contributed by atoms with van der Waals surface area (Å²) < 4.78 is 43.1. The largest absolute Gasteiger partial charge is 0.416 e. The van der Waals surface area contributed by atoms with Gasteiger partial charge in [0.1, 0.15) is 0 Å². The predicted molar refractivity (Wildman–Crippen MR) is 81.3 cm³/mol. The summed E-state index contributed by atoms with van der Waals surface area (Å²) in [5.41, 5.74) is -0.247. The van der Waals surface area contributed by atoms with Crippen molar-refractivity contribution in [1.29, 1.82) is 0 Å². The lowest BCUT2D eigenvalue weighted by Gasteiger charge is -2.08. The minimum absolute atomic E-state index is 0.131. The van der Waals surface area contributed by atoms with E-state index in [2.05, 4.69) is 4.98 Å². The van der Waals surface area contributed by atoms with Crippen LogP contribution in [0.1, 0.15) is 11.1 Å². The summed E-state index contributed by atoms with van der Waals surface area (Å²) in [5.74, 6) is 0.220. The first kappa shape index (κ1) is 15.6. The number of thioether (sulfide) groups is 1. The molecule has 0 bridgehead atoms. The standard InChI is InChI=1S/C16H10F3NO2S/c17-16(18,19)11-5-3-4-10(8-11)9-23-15-20-13-7-2-1-6-12(13)14(21)22-15/h1-8H,9H2. The molecule has 1 aromatic heterocycles. The number of benzene rings is 2. The van der Waals surface area contributed by atoms with Gasteiger partial charge in [-0.15, -0.1) is 0 Å². The Morgan fingerprint density at radius 1 is 1.09 bits per heavy atom. The van der Waals surface area contributed by atoms with E-state index >= 15 is 0 Å². The first-order chi connectivity index (χ1) is 10.9. The van der Waals surface area contributed by atoms with E-state index < -0.39 is 17.4 Å². The molecule has 23 heavy (non-hydrogen) atoms. The quantitative estimate of drug-likeness (QED) is 0.660. The van der Waals surface area contributed by atoms with E-state index in [1.807, 2.05) is 0 Å². The molecule has 0 aliphatic carbocycles. The SMILES string of the molecule is O=c1oc(SCc2cccc(C(F)(F)F)c2)nc2ccccc12. The highest BCUT2D eigenvalue weighted by Crippen LogP contribution is 2.31. The summed E-state index contributed by atoms with van der Waals surface area (Å²) in [6, 6.07) is 11.8. The summed E-state index contributed by atoms with van der Waals surface area (Å²) >= 11 is 1.08. The zero-order valence-electron chi connectivity index (χ0n) is 11.6. The van der Waals surface area contributed by atoms with Crippen molar-refractivity contribution in [3.8, 4) is 0 Å². The molecule has 0 unspecified atom stereocenters. The fourth-order valence-electron chi connectivity index (χ4n) is 2.04. The Bertz CT molecular complexity index is 905. The molecule has 0 fully saturated rings. The van der Waals surface area contributed by atoms with Crippen LogP contribution in [-0.2, 0) is 11.9 Å². The zero-order valence-corrected chi connectivity index (χ0v) is 12.4. The van der Waals surface area contributed by atoms with E-state index in [-0.39, 0.29) is 11.0 Å². The maximum Gasteiger partial charge on any atom is 0.416 e. The van der Waals surface area contributed by atoms with Crippen molar-refractivity contribution in [2.45, 2.75) is 17.2 Å². The van der Waals surface area contributed by atoms with Crippen molar-refractivity contribution in [2.75, 3.05) is 0 Å². The highest BCUT2D eigenvalue weighted by atomic mass is 32.2. The zero-order chi connectivity index (χ0) is 16.4. The first-order valence-corrected chi connectivity index (χ1v) is 7.61. The Morgan fingerprint density at radius 3 is 2.65 bits per heavy atom. The Kier molecular flexibility index (Phi) is 4.12. The van der Waals surface area contributed by atoms with Gasteiger partial charge in [-0.05, 0) is 23.8 Å². The van der Waals surface area contributed by atoms with Crippen LogP contribution in [-0.4, -0.2) is 4.98 Å². The second kappa shape index (κ2) is 6.08. The van der Waals surface area contributed by atoms with E-state index in [9.17, 15) is 18.0 Å². The highest BCUT2D eigenvalue weighted by molar-refractivity contribution is 7.98. The molecular formula is C16H10F3NO2S. The van der Waals surface area contributed by atoms with Gasteiger partial charge in [0, 0.05) is 5.75 Å². The van der Waals surface area contributed by atoms with Gasteiger partial charge < -0.3 is 4.42 Å². The normalized spacial score (nSPS) is 11.8. The minimum atomic E-state index is -4.38. The molecule has 2 aromatic carbocycles. The molecule has 3 rings (SSSR count). The monoisotopic (exact) mass is 337 g/mol. The first-order valence-electron chi connectivity index (χ1n) is 6.62. The number of alkyl halides is 3.